The van der Waals surface area contributed by atoms with Crippen LogP contribution in [0.1, 0.15) is 24.2 Å². The van der Waals surface area contributed by atoms with Crippen LogP contribution in [0.3, 0.4) is 0 Å². The first-order chi connectivity index (χ1) is 11.6. The Morgan fingerprint density at radius 1 is 1.12 bits per heavy atom. The number of benzene rings is 1. The molecular weight excluding hydrogens is 324 g/mol. The van der Waals surface area contributed by atoms with Crippen LogP contribution >= 0.6 is 11.8 Å². The quantitative estimate of drug-likeness (QED) is 0.710. The molecule has 1 amide bonds. The Bertz CT molecular complexity index is 816. The van der Waals surface area contributed by atoms with Gasteiger partial charge in [0.2, 0.25) is 0 Å². The summed E-state index contributed by atoms with van der Waals surface area (Å²) in [6.45, 7) is 4.25. The largest absolute Gasteiger partial charge is 0.401 e. The number of nitrogens with one attached hydrogen (secondary N) is 1. The summed E-state index contributed by atoms with van der Waals surface area (Å²) >= 11 is 1.74. The Labute approximate surface area is 143 Å². The second kappa shape index (κ2) is 7.27. The van der Waals surface area contributed by atoms with Crippen LogP contribution in [0.5, 0.6) is 0 Å². The first-order valence-electron chi connectivity index (χ1n) is 7.45. The molecule has 3 rings (SSSR count). The molecule has 0 fully saturated rings. The van der Waals surface area contributed by atoms with Crippen molar-refractivity contribution in [2.24, 2.45) is 0 Å². The number of amides is 1. The van der Waals surface area contributed by atoms with Crippen molar-refractivity contribution in [2.75, 3.05) is 5.32 Å². The number of pyridine rings is 1. The zero-order chi connectivity index (χ0) is 16.9. The van der Waals surface area contributed by atoms with Crippen LogP contribution in [0.25, 0.3) is 11.6 Å². The number of thioether (sulfide) groups is 1. The molecule has 0 radical (unpaired) electrons. The zero-order valence-corrected chi connectivity index (χ0v) is 14.1. The van der Waals surface area contributed by atoms with Crippen LogP contribution in [0, 0.1) is 0 Å². The van der Waals surface area contributed by atoms with E-state index in [1.807, 2.05) is 18.2 Å². The van der Waals surface area contributed by atoms with E-state index in [-0.39, 0.29) is 17.8 Å². The molecule has 122 valence electrons. The van der Waals surface area contributed by atoms with E-state index < -0.39 is 0 Å². The molecule has 0 aliphatic rings. The lowest BCUT2D eigenvalue weighted by Gasteiger charge is -2.05. The molecule has 2 heterocycles. The Morgan fingerprint density at radius 3 is 2.58 bits per heavy atom. The van der Waals surface area contributed by atoms with Crippen molar-refractivity contribution in [3.05, 3.63) is 54.2 Å². The highest BCUT2D eigenvalue weighted by molar-refractivity contribution is 7.99. The number of carbonyl (C=O) groups excluding carboxylic acids is 1. The van der Waals surface area contributed by atoms with Gasteiger partial charge in [0.1, 0.15) is 5.69 Å². The number of hydrogen-bond acceptors (Lipinski definition) is 6. The summed E-state index contributed by atoms with van der Waals surface area (Å²) in [5, 5.41) is 10.8. The fourth-order valence-electron chi connectivity index (χ4n) is 1.99. The maximum atomic E-state index is 12.2. The molecule has 2 aromatic heterocycles. The third-order valence-corrected chi connectivity index (χ3v) is 4.03. The minimum atomic E-state index is -0.299. The molecule has 0 aliphatic heterocycles. The average molecular weight is 340 g/mol. The first kappa shape index (κ1) is 16.2. The minimum absolute atomic E-state index is 0.0429. The molecule has 0 aliphatic carbocycles. The number of nitrogens with zero attached hydrogens (tertiary/aromatic N) is 3. The summed E-state index contributed by atoms with van der Waals surface area (Å²) in [5.41, 5.74) is 1.08. The van der Waals surface area contributed by atoms with E-state index in [4.69, 9.17) is 4.42 Å². The molecule has 0 unspecified atom stereocenters. The van der Waals surface area contributed by atoms with Crippen LogP contribution in [0.4, 0.5) is 6.01 Å². The minimum Gasteiger partial charge on any atom is -0.401 e. The third-order valence-electron chi connectivity index (χ3n) is 3.02. The van der Waals surface area contributed by atoms with E-state index in [1.165, 1.54) is 0 Å². The molecule has 7 heteroatoms. The molecule has 0 bridgehead atoms. The van der Waals surface area contributed by atoms with Crippen LogP contribution in [-0.4, -0.2) is 26.3 Å². The van der Waals surface area contributed by atoms with E-state index in [0.29, 0.717) is 16.5 Å². The maximum absolute atomic E-state index is 12.2. The fourth-order valence-corrected chi connectivity index (χ4v) is 2.83. The summed E-state index contributed by atoms with van der Waals surface area (Å²) in [6.07, 6.45) is 1.63. The second-order valence-corrected chi connectivity index (χ2v) is 6.92. The molecule has 1 N–H and O–H groups in total. The lowest BCUT2D eigenvalue weighted by molar-refractivity contribution is 0.102. The number of carbonyl (C=O) groups is 1. The predicted molar refractivity (Wildman–Crippen MR) is 92.9 cm³/mol. The lowest BCUT2D eigenvalue weighted by atomic mass is 10.2. The second-order valence-electron chi connectivity index (χ2n) is 5.27. The summed E-state index contributed by atoms with van der Waals surface area (Å²) < 4.78 is 5.42. The number of anilines is 1. The van der Waals surface area contributed by atoms with Crippen molar-refractivity contribution >= 4 is 23.7 Å². The van der Waals surface area contributed by atoms with E-state index in [1.54, 1.807) is 42.2 Å². The van der Waals surface area contributed by atoms with Gasteiger partial charge >= 0.3 is 6.01 Å². The normalized spacial score (nSPS) is 10.8. The molecule has 0 spiro atoms. The molecular formula is C17H16N4O2S. The molecule has 1 aromatic carbocycles. The molecule has 0 saturated carbocycles. The van der Waals surface area contributed by atoms with Gasteiger partial charge in [-0.25, -0.2) is 0 Å². The van der Waals surface area contributed by atoms with Gasteiger partial charge in [-0.2, -0.15) is 0 Å². The van der Waals surface area contributed by atoms with Crippen LogP contribution in [0.15, 0.2) is 58.0 Å². The first-order valence-corrected chi connectivity index (χ1v) is 8.33. The van der Waals surface area contributed by atoms with Crippen LogP contribution < -0.4 is 5.32 Å². The van der Waals surface area contributed by atoms with Gasteiger partial charge in [0.25, 0.3) is 11.8 Å². The van der Waals surface area contributed by atoms with Crippen molar-refractivity contribution < 1.29 is 9.21 Å². The highest BCUT2D eigenvalue weighted by Gasteiger charge is 2.13. The van der Waals surface area contributed by atoms with Gasteiger partial charge < -0.3 is 4.42 Å². The predicted octanol–water partition coefficient (Wildman–Crippen LogP) is 3.88. The fraction of sp³-hybridized carbons (Fsp3) is 0.176. The van der Waals surface area contributed by atoms with Gasteiger partial charge in [-0.05, 0) is 36.4 Å². The van der Waals surface area contributed by atoms with Crippen molar-refractivity contribution in [2.45, 2.75) is 24.0 Å². The Balaban J connectivity index is 1.68. The zero-order valence-electron chi connectivity index (χ0n) is 13.3. The average Bonchev–Trinajstić information content (AvgIpc) is 3.04. The Morgan fingerprint density at radius 2 is 1.92 bits per heavy atom. The number of rotatable bonds is 5. The highest BCUT2D eigenvalue weighted by Crippen LogP contribution is 2.23. The summed E-state index contributed by atoms with van der Waals surface area (Å²) in [5.74, 6) is -0.0399. The number of aromatic nitrogens is 3. The van der Waals surface area contributed by atoms with E-state index in [9.17, 15) is 4.79 Å². The van der Waals surface area contributed by atoms with Crippen molar-refractivity contribution in [3.63, 3.8) is 0 Å². The van der Waals surface area contributed by atoms with Gasteiger partial charge in [0, 0.05) is 21.9 Å². The molecule has 3 aromatic rings. The molecule has 24 heavy (non-hydrogen) atoms. The smallest absolute Gasteiger partial charge is 0.322 e. The van der Waals surface area contributed by atoms with Crippen molar-refractivity contribution in [3.8, 4) is 11.6 Å². The topological polar surface area (TPSA) is 80.9 Å². The third kappa shape index (κ3) is 3.99. The van der Waals surface area contributed by atoms with Gasteiger partial charge in [-0.1, -0.05) is 25.0 Å². The van der Waals surface area contributed by atoms with E-state index >= 15 is 0 Å². The van der Waals surface area contributed by atoms with Crippen LogP contribution in [0.2, 0.25) is 0 Å². The van der Waals surface area contributed by atoms with Gasteiger partial charge in [-0.15, -0.1) is 16.9 Å². The van der Waals surface area contributed by atoms with Gasteiger partial charge in [-0.3, -0.25) is 15.1 Å². The summed E-state index contributed by atoms with van der Waals surface area (Å²) in [6, 6.07) is 12.8. The van der Waals surface area contributed by atoms with Crippen molar-refractivity contribution in [1.29, 1.82) is 0 Å². The molecule has 0 saturated heterocycles. The lowest BCUT2D eigenvalue weighted by Crippen LogP contribution is -2.11. The standard InChI is InChI=1S/C17H16N4O2S/c1-11(2)24-13-8-6-12(7-9-13)15(22)19-17-21-20-16(23-17)14-5-3-4-10-18-14/h3-11H,1-2H3,(H,19,21,22). The van der Waals surface area contributed by atoms with Gasteiger partial charge in [0.15, 0.2) is 0 Å². The van der Waals surface area contributed by atoms with E-state index in [2.05, 4.69) is 34.3 Å². The van der Waals surface area contributed by atoms with Gasteiger partial charge in [0.05, 0.1) is 0 Å². The van der Waals surface area contributed by atoms with Crippen molar-refractivity contribution in [1.82, 2.24) is 15.2 Å². The summed E-state index contributed by atoms with van der Waals surface area (Å²) in [4.78, 5) is 17.5. The summed E-state index contributed by atoms with van der Waals surface area (Å²) in [7, 11) is 0. The molecule has 6 nitrogen and oxygen atoms in total. The monoisotopic (exact) mass is 340 g/mol. The number of hydrogen-bond donors (Lipinski definition) is 1. The Hall–Kier alpha value is -2.67. The SMILES string of the molecule is CC(C)Sc1ccc(C(=O)Nc2nnc(-c3ccccn3)o2)cc1. The highest BCUT2D eigenvalue weighted by atomic mass is 32.2. The Kier molecular flexibility index (Phi) is 4.90. The van der Waals surface area contributed by atoms with Crippen LogP contribution in [-0.2, 0) is 0 Å². The van der Waals surface area contributed by atoms with E-state index in [0.717, 1.165) is 4.90 Å². The molecule has 0 atom stereocenters. The maximum Gasteiger partial charge on any atom is 0.322 e.